The van der Waals surface area contributed by atoms with Crippen LogP contribution in [0, 0.1) is 0 Å². The van der Waals surface area contributed by atoms with Gasteiger partial charge in [-0.05, 0) is 43.3 Å². The number of aromatic nitrogens is 1. The summed E-state index contributed by atoms with van der Waals surface area (Å²) in [5.41, 5.74) is 3.95. The van der Waals surface area contributed by atoms with E-state index in [2.05, 4.69) is 23.2 Å². The number of fused-ring (bicyclic) bond motifs is 2. The summed E-state index contributed by atoms with van der Waals surface area (Å²) in [6.45, 7) is 5.05. The molecule has 0 aliphatic carbocycles. The summed E-state index contributed by atoms with van der Waals surface area (Å²) in [4.78, 5) is 15.0. The van der Waals surface area contributed by atoms with Crippen molar-refractivity contribution in [2.45, 2.75) is 13.0 Å². The number of piperazine rings is 1. The number of anilines is 1. The smallest absolute Gasteiger partial charge is 0.344 e. The van der Waals surface area contributed by atoms with E-state index in [-0.39, 0.29) is 5.63 Å². The molecule has 5 heteroatoms. The average Bonchev–Trinajstić information content (AvgIpc) is 3.11. The van der Waals surface area contributed by atoms with Gasteiger partial charge in [-0.15, -0.1) is 0 Å². The van der Waals surface area contributed by atoms with Crippen molar-refractivity contribution in [3.8, 4) is 11.1 Å². The Labute approximate surface area is 156 Å². The highest BCUT2D eigenvalue weighted by Gasteiger charge is 2.17. The van der Waals surface area contributed by atoms with Crippen molar-refractivity contribution < 1.29 is 4.42 Å². The van der Waals surface area contributed by atoms with Gasteiger partial charge in [0, 0.05) is 66.3 Å². The van der Waals surface area contributed by atoms with E-state index >= 15 is 0 Å². The van der Waals surface area contributed by atoms with Crippen LogP contribution in [-0.2, 0) is 0 Å². The molecule has 1 N–H and O–H groups in total. The number of benzene rings is 1. The molecule has 0 spiro atoms. The van der Waals surface area contributed by atoms with Gasteiger partial charge in [0.05, 0.1) is 5.56 Å². The summed E-state index contributed by atoms with van der Waals surface area (Å²) < 4.78 is 7.70. The van der Waals surface area contributed by atoms with Crippen LogP contribution in [0.15, 0.2) is 70.1 Å². The third-order valence-electron chi connectivity index (χ3n) is 5.27. The van der Waals surface area contributed by atoms with E-state index in [9.17, 15) is 4.79 Å². The van der Waals surface area contributed by atoms with Crippen LogP contribution in [0.3, 0.4) is 0 Å². The molecule has 136 valence electrons. The first-order chi connectivity index (χ1) is 13.2. The summed E-state index contributed by atoms with van der Waals surface area (Å²) >= 11 is 0. The van der Waals surface area contributed by atoms with Gasteiger partial charge in [0.25, 0.3) is 0 Å². The van der Waals surface area contributed by atoms with E-state index in [0.717, 1.165) is 41.8 Å². The van der Waals surface area contributed by atoms with E-state index < -0.39 is 0 Å². The maximum Gasteiger partial charge on any atom is 0.344 e. The molecule has 3 aromatic heterocycles. The topological polar surface area (TPSA) is 49.9 Å². The van der Waals surface area contributed by atoms with E-state index in [1.165, 1.54) is 0 Å². The minimum Gasteiger partial charge on any atom is -0.422 e. The summed E-state index contributed by atoms with van der Waals surface area (Å²) in [6.07, 6.45) is 3.94. The van der Waals surface area contributed by atoms with Crippen LogP contribution in [0.1, 0.15) is 6.92 Å². The number of hydrogen-bond donors (Lipinski definition) is 1. The van der Waals surface area contributed by atoms with Crippen LogP contribution < -0.4 is 15.8 Å². The molecule has 5 rings (SSSR count). The molecule has 0 unspecified atom stereocenters. The fourth-order valence-electron chi connectivity index (χ4n) is 3.87. The SMILES string of the molecule is C[C@H]1CN(c2ccc3cc(-c4cc5ccccn5c4)c(=O)oc3c2)CCN1. The normalized spacial score (nSPS) is 17.7. The third-order valence-corrected chi connectivity index (χ3v) is 5.27. The van der Waals surface area contributed by atoms with Gasteiger partial charge in [-0.1, -0.05) is 6.07 Å². The van der Waals surface area contributed by atoms with E-state index in [4.69, 9.17) is 4.42 Å². The van der Waals surface area contributed by atoms with Gasteiger partial charge in [-0.25, -0.2) is 4.79 Å². The summed E-state index contributed by atoms with van der Waals surface area (Å²) in [5, 5.41) is 4.38. The lowest BCUT2D eigenvalue weighted by atomic mass is 10.1. The highest BCUT2D eigenvalue weighted by atomic mass is 16.4. The van der Waals surface area contributed by atoms with Crippen molar-refractivity contribution in [1.29, 1.82) is 0 Å². The number of pyridine rings is 1. The molecule has 1 aliphatic heterocycles. The minimum absolute atomic E-state index is 0.302. The zero-order valence-electron chi connectivity index (χ0n) is 15.2. The van der Waals surface area contributed by atoms with Gasteiger partial charge in [0.2, 0.25) is 0 Å². The maximum atomic E-state index is 12.7. The summed E-state index contributed by atoms with van der Waals surface area (Å²) in [7, 11) is 0. The second-order valence-electron chi connectivity index (χ2n) is 7.23. The monoisotopic (exact) mass is 359 g/mol. The zero-order chi connectivity index (χ0) is 18.4. The van der Waals surface area contributed by atoms with Crippen molar-refractivity contribution in [3.63, 3.8) is 0 Å². The van der Waals surface area contributed by atoms with Crippen LogP contribution in [0.5, 0.6) is 0 Å². The van der Waals surface area contributed by atoms with Crippen molar-refractivity contribution in [2.24, 2.45) is 0 Å². The Balaban J connectivity index is 1.57. The van der Waals surface area contributed by atoms with Crippen LogP contribution in [-0.4, -0.2) is 30.1 Å². The predicted octanol–water partition coefficient (Wildman–Crippen LogP) is 3.51. The molecule has 5 nitrogen and oxygen atoms in total. The molecule has 1 aromatic carbocycles. The molecule has 1 atom stereocenters. The van der Waals surface area contributed by atoms with Gasteiger partial charge >= 0.3 is 5.63 Å². The molecule has 0 amide bonds. The number of rotatable bonds is 2. The Kier molecular flexibility index (Phi) is 3.76. The Morgan fingerprint density at radius 1 is 1.15 bits per heavy atom. The van der Waals surface area contributed by atoms with Gasteiger partial charge in [0.1, 0.15) is 5.58 Å². The lowest BCUT2D eigenvalue weighted by Gasteiger charge is -2.33. The van der Waals surface area contributed by atoms with E-state index in [1.54, 1.807) is 0 Å². The van der Waals surface area contributed by atoms with Crippen LogP contribution in [0.25, 0.3) is 27.6 Å². The van der Waals surface area contributed by atoms with Crippen molar-refractivity contribution >= 4 is 22.2 Å². The Hall–Kier alpha value is -3.05. The van der Waals surface area contributed by atoms with Crippen LogP contribution in [0.2, 0.25) is 0 Å². The van der Waals surface area contributed by atoms with E-state index in [1.807, 2.05) is 59.3 Å². The quantitative estimate of drug-likeness (QED) is 0.557. The zero-order valence-corrected chi connectivity index (χ0v) is 15.2. The van der Waals surface area contributed by atoms with Crippen molar-refractivity contribution in [2.75, 3.05) is 24.5 Å². The molecule has 4 aromatic rings. The fraction of sp³-hybridized carbons (Fsp3) is 0.227. The third kappa shape index (κ3) is 2.90. The maximum absolute atomic E-state index is 12.7. The van der Waals surface area contributed by atoms with Gasteiger partial charge in [-0.2, -0.15) is 0 Å². The Morgan fingerprint density at radius 3 is 2.93 bits per heavy atom. The lowest BCUT2D eigenvalue weighted by Crippen LogP contribution is -2.49. The Morgan fingerprint density at radius 2 is 2.07 bits per heavy atom. The molecular weight excluding hydrogens is 338 g/mol. The summed E-state index contributed by atoms with van der Waals surface area (Å²) in [6, 6.07) is 16.5. The van der Waals surface area contributed by atoms with Crippen LogP contribution in [0.4, 0.5) is 5.69 Å². The fourth-order valence-corrected chi connectivity index (χ4v) is 3.87. The van der Waals surface area contributed by atoms with Gasteiger partial charge in [-0.3, -0.25) is 0 Å². The van der Waals surface area contributed by atoms with Gasteiger partial charge < -0.3 is 19.0 Å². The highest BCUT2D eigenvalue weighted by Crippen LogP contribution is 2.27. The first-order valence-corrected chi connectivity index (χ1v) is 9.31. The minimum atomic E-state index is -0.302. The molecular formula is C22H21N3O2. The first kappa shape index (κ1) is 16.1. The lowest BCUT2D eigenvalue weighted by molar-refractivity contribution is 0.484. The van der Waals surface area contributed by atoms with Crippen molar-refractivity contribution in [1.82, 2.24) is 9.72 Å². The van der Waals surface area contributed by atoms with Gasteiger partial charge in [0.15, 0.2) is 0 Å². The molecule has 0 bridgehead atoms. The second-order valence-corrected chi connectivity index (χ2v) is 7.23. The molecule has 1 aliphatic rings. The predicted molar refractivity (Wildman–Crippen MR) is 109 cm³/mol. The standard InChI is InChI=1S/C22H21N3O2/c1-15-13-25(9-7-23-15)19-6-5-16-11-20(22(26)27-21(16)12-19)17-10-18-4-2-3-8-24(18)14-17/h2-6,8,10-12,14-15,23H,7,9,13H2,1H3/t15-/m0/s1. The summed E-state index contributed by atoms with van der Waals surface area (Å²) in [5.74, 6) is 0. The highest BCUT2D eigenvalue weighted by molar-refractivity contribution is 5.85. The number of nitrogens with zero attached hydrogens (tertiary/aromatic N) is 2. The molecule has 4 heterocycles. The first-order valence-electron chi connectivity index (χ1n) is 9.31. The Bertz CT molecular complexity index is 1160. The van der Waals surface area contributed by atoms with E-state index in [0.29, 0.717) is 17.2 Å². The molecule has 1 fully saturated rings. The molecule has 0 radical (unpaired) electrons. The average molecular weight is 359 g/mol. The van der Waals surface area contributed by atoms with Crippen LogP contribution >= 0.6 is 0 Å². The molecule has 0 saturated carbocycles. The number of nitrogens with one attached hydrogen (secondary N) is 1. The second kappa shape index (κ2) is 6.28. The largest absolute Gasteiger partial charge is 0.422 e. The molecule has 27 heavy (non-hydrogen) atoms. The number of hydrogen-bond acceptors (Lipinski definition) is 4. The molecule has 1 saturated heterocycles. The van der Waals surface area contributed by atoms with Crippen molar-refractivity contribution in [3.05, 3.63) is 71.3 Å².